The standard InChI is InChI=1S/C23H16ClN3O2S2/c24-17-8-6-15(7-9-17)19-14-31-23(25-19)27-22(30)26-21(28)13-11-18-10-12-20(29-18)16-4-2-1-3-5-16/h1-14H,(H2,25,26,27,28,30)/b13-11+. The molecule has 0 aliphatic heterocycles. The summed E-state index contributed by atoms with van der Waals surface area (Å²) in [6, 6.07) is 20.8. The van der Waals surface area contributed by atoms with E-state index in [1.807, 2.05) is 66.0 Å². The number of thiocarbonyl (C=S) groups is 1. The number of halogens is 1. The van der Waals surface area contributed by atoms with E-state index >= 15 is 0 Å². The Balaban J connectivity index is 1.31. The zero-order valence-electron chi connectivity index (χ0n) is 16.0. The summed E-state index contributed by atoms with van der Waals surface area (Å²) in [4.78, 5) is 16.6. The van der Waals surface area contributed by atoms with Crippen LogP contribution in [0.1, 0.15) is 5.76 Å². The monoisotopic (exact) mass is 465 g/mol. The van der Waals surface area contributed by atoms with Crippen molar-refractivity contribution in [1.82, 2.24) is 10.3 Å². The van der Waals surface area contributed by atoms with Gasteiger partial charge < -0.3 is 9.73 Å². The lowest BCUT2D eigenvalue weighted by Crippen LogP contribution is -2.32. The number of thiazole rings is 1. The van der Waals surface area contributed by atoms with Crippen molar-refractivity contribution in [3.05, 3.63) is 89.0 Å². The summed E-state index contributed by atoms with van der Waals surface area (Å²) in [5.41, 5.74) is 2.71. The summed E-state index contributed by atoms with van der Waals surface area (Å²) in [5, 5.41) is 8.83. The van der Waals surface area contributed by atoms with Crippen LogP contribution in [0.5, 0.6) is 0 Å². The maximum atomic E-state index is 12.2. The van der Waals surface area contributed by atoms with E-state index in [-0.39, 0.29) is 11.0 Å². The van der Waals surface area contributed by atoms with Crippen molar-refractivity contribution < 1.29 is 9.21 Å². The number of carbonyl (C=O) groups is 1. The van der Waals surface area contributed by atoms with Gasteiger partial charge in [0.2, 0.25) is 5.91 Å². The van der Waals surface area contributed by atoms with Crippen molar-refractivity contribution in [2.75, 3.05) is 5.32 Å². The molecule has 0 fully saturated rings. The highest BCUT2D eigenvalue weighted by atomic mass is 35.5. The van der Waals surface area contributed by atoms with Crippen molar-refractivity contribution in [3.63, 3.8) is 0 Å². The van der Waals surface area contributed by atoms with E-state index in [4.69, 9.17) is 28.2 Å². The first-order valence-electron chi connectivity index (χ1n) is 9.23. The molecule has 0 saturated heterocycles. The number of benzene rings is 2. The van der Waals surface area contributed by atoms with E-state index in [9.17, 15) is 4.79 Å². The molecule has 2 aromatic heterocycles. The minimum absolute atomic E-state index is 0.163. The number of rotatable bonds is 5. The van der Waals surface area contributed by atoms with E-state index in [1.54, 1.807) is 12.1 Å². The minimum Gasteiger partial charge on any atom is -0.457 e. The van der Waals surface area contributed by atoms with Crippen LogP contribution in [0.4, 0.5) is 5.13 Å². The van der Waals surface area contributed by atoms with Gasteiger partial charge in [-0.2, -0.15) is 0 Å². The molecule has 4 rings (SSSR count). The van der Waals surface area contributed by atoms with E-state index < -0.39 is 0 Å². The molecule has 5 nitrogen and oxygen atoms in total. The quantitative estimate of drug-likeness (QED) is 0.269. The molecule has 0 aliphatic rings. The van der Waals surface area contributed by atoms with Crippen LogP contribution in [0.2, 0.25) is 5.02 Å². The molecule has 31 heavy (non-hydrogen) atoms. The van der Waals surface area contributed by atoms with Crippen LogP contribution >= 0.6 is 35.2 Å². The van der Waals surface area contributed by atoms with Gasteiger partial charge >= 0.3 is 0 Å². The topological polar surface area (TPSA) is 67.2 Å². The number of aromatic nitrogens is 1. The highest BCUT2D eigenvalue weighted by Gasteiger charge is 2.08. The van der Waals surface area contributed by atoms with Gasteiger partial charge in [-0.25, -0.2) is 4.98 Å². The van der Waals surface area contributed by atoms with Gasteiger partial charge in [-0.1, -0.05) is 54.1 Å². The molecule has 2 N–H and O–H groups in total. The van der Waals surface area contributed by atoms with E-state index in [1.165, 1.54) is 17.4 Å². The number of furan rings is 1. The van der Waals surface area contributed by atoms with Gasteiger partial charge in [-0.15, -0.1) is 11.3 Å². The molecule has 8 heteroatoms. The Morgan fingerprint density at radius 1 is 1.03 bits per heavy atom. The Hall–Kier alpha value is -3.26. The summed E-state index contributed by atoms with van der Waals surface area (Å²) in [6.07, 6.45) is 2.95. The smallest absolute Gasteiger partial charge is 0.250 e. The molecule has 2 aromatic carbocycles. The second kappa shape index (κ2) is 9.70. The number of hydrogen-bond acceptors (Lipinski definition) is 5. The number of amides is 1. The molecule has 2 heterocycles. The van der Waals surface area contributed by atoms with E-state index in [0.717, 1.165) is 22.6 Å². The molecule has 0 atom stereocenters. The zero-order valence-corrected chi connectivity index (χ0v) is 18.4. The fraction of sp³-hybridized carbons (Fsp3) is 0. The van der Waals surface area contributed by atoms with Gasteiger partial charge in [0.25, 0.3) is 0 Å². The second-order valence-corrected chi connectivity index (χ2v) is 8.09. The SMILES string of the molecule is O=C(/C=C/c1ccc(-c2ccccc2)o1)NC(=S)Nc1nc(-c2ccc(Cl)cc2)cs1. The van der Waals surface area contributed by atoms with Crippen LogP contribution in [0.3, 0.4) is 0 Å². The number of nitrogens with zero attached hydrogens (tertiary/aromatic N) is 1. The van der Waals surface area contributed by atoms with Gasteiger partial charge in [0.15, 0.2) is 10.2 Å². The van der Waals surface area contributed by atoms with Gasteiger partial charge in [0.05, 0.1) is 5.69 Å². The average molecular weight is 466 g/mol. The predicted octanol–water partition coefficient (Wildman–Crippen LogP) is 6.25. The third-order valence-electron chi connectivity index (χ3n) is 4.19. The lowest BCUT2D eigenvalue weighted by molar-refractivity contribution is -0.115. The molecule has 154 valence electrons. The molecule has 4 aromatic rings. The van der Waals surface area contributed by atoms with E-state index in [0.29, 0.717) is 15.9 Å². The maximum absolute atomic E-state index is 12.2. The van der Waals surface area contributed by atoms with Gasteiger partial charge in [0.1, 0.15) is 11.5 Å². The lowest BCUT2D eigenvalue weighted by Gasteiger charge is -2.04. The number of nitrogens with one attached hydrogen (secondary N) is 2. The largest absolute Gasteiger partial charge is 0.457 e. The van der Waals surface area contributed by atoms with Gasteiger partial charge in [-0.3, -0.25) is 10.1 Å². The first-order chi connectivity index (χ1) is 15.1. The lowest BCUT2D eigenvalue weighted by atomic mass is 10.2. The summed E-state index contributed by atoms with van der Waals surface area (Å²) < 4.78 is 5.74. The van der Waals surface area contributed by atoms with Crippen LogP contribution < -0.4 is 10.6 Å². The normalized spacial score (nSPS) is 10.9. The van der Waals surface area contributed by atoms with Crippen LogP contribution in [0.15, 0.2) is 82.6 Å². The number of hydrogen-bond donors (Lipinski definition) is 2. The Bertz CT molecular complexity index is 1230. The molecule has 0 saturated carbocycles. The van der Waals surface area contributed by atoms with Gasteiger partial charge in [0, 0.05) is 27.6 Å². The van der Waals surface area contributed by atoms with Crippen molar-refractivity contribution in [3.8, 4) is 22.6 Å². The first kappa shape index (κ1) is 21.0. The molecule has 0 spiro atoms. The third kappa shape index (κ3) is 5.67. The van der Waals surface area contributed by atoms with Crippen LogP contribution in [-0.2, 0) is 4.79 Å². The predicted molar refractivity (Wildman–Crippen MR) is 130 cm³/mol. The number of carbonyl (C=O) groups excluding carboxylic acids is 1. The molecular formula is C23H16ClN3O2S2. The highest BCUT2D eigenvalue weighted by molar-refractivity contribution is 7.80. The molecule has 0 radical (unpaired) electrons. The van der Waals surface area contributed by atoms with E-state index in [2.05, 4.69) is 15.6 Å². The number of anilines is 1. The summed E-state index contributed by atoms with van der Waals surface area (Å²) in [6.45, 7) is 0. The Morgan fingerprint density at radius 3 is 2.58 bits per heavy atom. The zero-order chi connectivity index (χ0) is 21.6. The van der Waals surface area contributed by atoms with Crippen molar-refractivity contribution >= 4 is 57.4 Å². The Morgan fingerprint density at radius 2 is 1.81 bits per heavy atom. The van der Waals surface area contributed by atoms with Crippen molar-refractivity contribution in [2.24, 2.45) is 0 Å². The minimum atomic E-state index is -0.371. The summed E-state index contributed by atoms with van der Waals surface area (Å²) in [7, 11) is 0. The molecular weight excluding hydrogens is 450 g/mol. The van der Waals surface area contributed by atoms with Gasteiger partial charge in [-0.05, 0) is 42.6 Å². The Kier molecular flexibility index (Phi) is 6.57. The van der Waals surface area contributed by atoms with Crippen LogP contribution in [0.25, 0.3) is 28.7 Å². The van der Waals surface area contributed by atoms with Crippen LogP contribution in [-0.4, -0.2) is 16.0 Å². The molecule has 0 aliphatic carbocycles. The second-order valence-electron chi connectivity index (χ2n) is 6.39. The highest BCUT2D eigenvalue weighted by Crippen LogP contribution is 2.26. The average Bonchev–Trinajstić information content (AvgIpc) is 3.43. The maximum Gasteiger partial charge on any atom is 0.250 e. The third-order valence-corrected chi connectivity index (χ3v) is 5.40. The molecule has 0 unspecified atom stereocenters. The summed E-state index contributed by atoms with van der Waals surface area (Å²) >= 11 is 12.5. The fourth-order valence-corrected chi connectivity index (χ4v) is 3.84. The van der Waals surface area contributed by atoms with Crippen LogP contribution in [0, 0.1) is 0 Å². The molecule has 1 amide bonds. The first-order valence-corrected chi connectivity index (χ1v) is 10.9. The Labute approximate surface area is 193 Å². The fourth-order valence-electron chi connectivity index (χ4n) is 2.72. The summed E-state index contributed by atoms with van der Waals surface area (Å²) in [5.74, 6) is 0.933. The van der Waals surface area contributed by atoms with Crippen molar-refractivity contribution in [2.45, 2.75) is 0 Å². The molecule has 0 bridgehead atoms. The van der Waals surface area contributed by atoms with Crippen molar-refractivity contribution in [1.29, 1.82) is 0 Å².